The van der Waals surface area contributed by atoms with Gasteiger partial charge in [0.05, 0.1) is 5.69 Å². The van der Waals surface area contributed by atoms with Gasteiger partial charge in [0.2, 0.25) is 0 Å². The maximum Gasteiger partial charge on any atom is 0.272 e. The van der Waals surface area contributed by atoms with Gasteiger partial charge in [-0.15, -0.1) is 0 Å². The number of hydrogen-bond donors (Lipinski definition) is 0. The van der Waals surface area contributed by atoms with Crippen LogP contribution in [-0.2, 0) is 20.0 Å². The van der Waals surface area contributed by atoms with Gasteiger partial charge in [-0.2, -0.15) is 5.10 Å². The lowest BCUT2D eigenvalue weighted by atomic mass is 9.84. The largest absolute Gasteiger partial charge is 0.337 e. The lowest BCUT2D eigenvalue weighted by Gasteiger charge is -2.40. The maximum atomic E-state index is 13.4. The molecule has 6 heteroatoms. The van der Waals surface area contributed by atoms with Crippen LogP contribution in [0.1, 0.15) is 40.2 Å². The van der Waals surface area contributed by atoms with Crippen LogP contribution in [-0.4, -0.2) is 51.7 Å². The molecule has 33 heavy (non-hydrogen) atoms. The number of likely N-dealkylation sites (N-methyl/N-ethyl adjacent to an activating group) is 1. The summed E-state index contributed by atoms with van der Waals surface area (Å²) in [4.78, 5) is 17.8. The summed E-state index contributed by atoms with van der Waals surface area (Å²) in [5.74, 6) is 0.239. The molecule has 0 radical (unpaired) electrons. The molecule has 0 aliphatic carbocycles. The van der Waals surface area contributed by atoms with Crippen LogP contribution < -0.4 is 0 Å². The standard InChI is InChI=1S/C27H33FN4O/c1-20-17-26(31(3)29-20)27(33)30(2)25(18-21-7-5-4-6-8-21)23-13-15-32(16-14-23)19-22-9-11-24(28)12-10-22/h4-12,17,23,25H,13-16,18-19H2,1-3H3/t25-/m0/s1. The van der Waals surface area contributed by atoms with Gasteiger partial charge in [0.1, 0.15) is 11.5 Å². The van der Waals surface area contributed by atoms with Crippen molar-refractivity contribution < 1.29 is 9.18 Å². The lowest BCUT2D eigenvalue weighted by molar-refractivity contribution is 0.0575. The smallest absolute Gasteiger partial charge is 0.272 e. The molecule has 0 unspecified atom stereocenters. The number of likely N-dealkylation sites (tertiary alicyclic amines) is 1. The Hall–Kier alpha value is -2.99. The average molecular weight is 449 g/mol. The number of hydrogen-bond acceptors (Lipinski definition) is 3. The van der Waals surface area contributed by atoms with Crippen LogP contribution in [0.4, 0.5) is 4.39 Å². The zero-order valence-corrected chi connectivity index (χ0v) is 19.7. The summed E-state index contributed by atoms with van der Waals surface area (Å²) in [6.45, 7) is 4.69. The molecule has 4 rings (SSSR count). The van der Waals surface area contributed by atoms with Crippen LogP contribution in [0.3, 0.4) is 0 Å². The number of nitrogens with zero attached hydrogens (tertiary/aromatic N) is 4. The predicted octanol–water partition coefficient (Wildman–Crippen LogP) is 4.46. The van der Waals surface area contributed by atoms with Crippen LogP contribution in [0.15, 0.2) is 60.7 Å². The minimum Gasteiger partial charge on any atom is -0.337 e. The number of amides is 1. The normalized spacial score (nSPS) is 16.0. The Kier molecular flexibility index (Phi) is 7.23. The summed E-state index contributed by atoms with van der Waals surface area (Å²) < 4.78 is 14.9. The van der Waals surface area contributed by atoms with Crippen molar-refractivity contribution in [2.75, 3.05) is 20.1 Å². The Morgan fingerprint density at radius 3 is 2.36 bits per heavy atom. The van der Waals surface area contributed by atoms with Gasteiger partial charge in [0.15, 0.2) is 0 Å². The van der Waals surface area contributed by atoms with Crippen molar-refractivity contribution in [2.24, 2.45) is 13.0 Å². The van der Waals surface area contributed by atoms with E-state index in [0.717, 1.165) is 50.2 Å². The molecule has 0 saturated carbocycles. The number of aromatic nitrogens is 2. The van der Waals surface area contributed by atoms with Gasteiger partial charge in [0.25, 0.3) is 5.91 Å². The van der Waals surface area contributed by atoms with E-state index in [4.69, 9.17) is 0 Å². The molecular formula is C27H33FN4O. The fraction of sp³-hybridized carbons (Fsp3) is 0.407. The topological polar surface area (TPSA) is 41.4 Å². The van der Waals surface area contributed by atoms with Crippen LogP contribution in [0.5, 0.6) is 0 Å². The van der Waals surface area contributed by atoms with Crippen LogP contribution in [0, 0.1) is 18.7 Å². The van der Waals surface area contributed by atoms with Crippen molar-refractivity contribution in [3.8, 4) is 0 Å². The highest BCUT2D eigenvalue weighted by Crippen LogP contribution is 2.28. The van der Waals surface area contributed by atoms with E-state index >= 15 is 0 Å². The van der Waals surface area contributed by atoms with Gasteiger partial charge in [-0.25, -0.2) is 4.39 Å². The summed E-state index contributed by atoms with van der Waals surface area (Å²) in [6, 6.07) is 19.2. The highest BCUT2D eigenvalue weighted by Gasteiger charge is 2.32. The van der Waals surface area contributed by atoms with Crippen molar-refractivity contribution in [3.63, 3.8) is 0 Å². The highest BCUT2D eigenvalue weighted by molar-refractivity contribution is 5.92. The molecule has 174 valence electrons. The second kappa shape index (κ2) is 10.3. The SMILES string of the molecule is Cc1cc(C(=O)N(C)[C@@H](Cc2ccccc2)C2CCN(Cc3ccc(F)cc3)CC2)n(C)n1. The summed E-state index contributed by atoms with van der Waals surface area (Å²) in [5.41, 5.74) is 3.86. The third kappa shape index (κ3) is 5.69. The number of rotatable bonds is 7. The zero-order valence-electron chi connectivity index (χ0n) is 19.7. The molecule has 1 aromatic heterocycles. The van der Waals surface area contributed by atoms with Crippen molar-refractivity contribution in [3.05, 3.63) is 89.0 Å². The second-order valence-electron chi connectivity index (χ2n) is 9.21. The molecule has 5 nitrogen and oxygen atoms in total. The lowest BCUT2D eigenvalue weighted by Crippen LogP contribution is -2.47. The van der Waals surface area contributed by atoms with Gasteiger partial charge >= 0.3 is 0 Å². The summed E-state index contributed by atoms with van der Waals surface area (Å²) in [6.07, 6.45) is 2.89. The Balaban J connectivity index is 1.47. The number of benzene rings is 2. The fourth-order valence-electron chi connectivity index (χ4n) is 4.96. The first-order valence-corrected chi connectivity index (χ1v) is 11.7. The van der Waals surface area contributed by atoms with E-state index in [1.165, 1.54) is 17.7 Å². The molecule has 2 heterocycles. The van der Waals surface area contributed by atoms with Gasteiger partial charge in [0, 0.05) is 26.7 Å². The number of halogens is 1. The van der Waals surface area contributed by atoms with Gasteiger partial charge in [-0.3, -0.25) is 14.4 Å². The molecular weight excluding hydrogens is 415 g/mol. The van der Waals surface area contributed by atoms with E-state index in [-0.39, 0.29) is 17.8 Å². The number of aryl methyl sites for hydroxylation is 2. The molecule has 1 amide bonds. The fourth-order valence-corrected chi connectivity index (χ4v) is 4.96. The van der Waals surface area contributed by atoms with E-state index in [0.29, 0.717) is 11.6 Å². The molecule has 0 N–H and O–H groups in total. The monoisotopic (exact) mass is 448 g/mol. The quantitative estimate of drug-likeness (QED) is 0.536. The minimum absolute atomic E-state index is 0.0211. The molecule has 1 aliphatic rings. The molecule has 1 atom stereocenters. The maximum absolute atomic E-state index is 13.4. The number of piperidine rings is 1. The summed E-state index contributed by atoms with van der Waals surface area (Å²) in [5, 5.41) is 4.36. The second-order valence-corrected chi connectivity index (χ2v) is 9.21. The molecule has 0 spiro atoms. The molecule has 3 aromatic rings. The van der Waals surface area contributed by atoms with Gasteiger partial charge < -0.3 is 4.90 Å². The Labute approximate surface area is 195 Å². The first-order valence-electron chi connectivity index (χ1n) is 11.7. The number of carbonyl (C=O) groups excluding carboxylic acids is 1. The van der Waals surface area contributed by atoms with Crippen molar-refractivity contribution >= 4 is 5.91 Å². The molecule has 1 aliphatic heterocycles. The highest BCUT2D eigenvalue weighted by atomic mass is 19.1. The van der Waals surface area contributed by atoms with Gasteiger partial charge in [-0.05, 0) is 74.5 Å². The van der Waals surface area contributed by atoms with Crippen LogP contribution in [0.2, 0.25) is 0 Å². The van der Waals surface area contributed by atoms with E-state index in [1.807, 2.05) is 50.2 Å². The molecule has 0 bridgehead atoms. The summed E-state index contributed by atoms with van der Waals surface area (Å²) in [7, 11) is 3.76. The van der Waals surface area contributed by atoms with E-state index < -0.39 is 0 Å². The first kappa shape index (κ1) is 23.2. The van der Waals surface area contributed by atoms with E-state index in [1.54, 1.807) is 4.68 Å². The van der Waals surface area contributed by atoms with Crippen molar-refractivity contribution in [1.29, 1.82) is 0 Å². The molecule has 2 aromatic carbocycles. The Morgan fingerprint density at radius 1 is 1.09 bits per heavy atom. The van der Waals surface area contributed by atoms with E-state index in [9.17, 15) is 9.18 Å². The van der Waals surface area contributed by atoms with Crippen LogP contribution in [0.25, 0.3) is 0 Å². The minimum atomic E-state index is -0.197. The predicted molar refractivity (Wildman–Crippen MR) is 128 cm³/mol. The Bertz CT molecular complexity index is 1060. The molecule has 1 fully saturated rings. The van der Waals surface area contributed by atoms with E-state index in [2.05, 4.69) is 34.3 Å². The molecule has 1 saturated heterocycles. The third-order valence-corrected chi connectivity index (χ3v) is 6.82. The zero-order chi connectivity index (χ0) is 23.4. The van der Waals surface area contributed by atoms with Gasteiger partial charge in [-0.1, -0.05) is 42.5 Å². The third-order valence-electron chi connectivity index (χ3n) is 6.82. The number of carbonyl (C=O) groups is 1. The first-order chi connectivity index (χ1) is 15.9. The van der Waals surface area contributed by atoms with Crippen LogP contribution >= 0.6 is 0 Å². The average Bonchev–Trinajstić information content (AvgIpc) is 3.17. The van der Waals surface area contributed by atoms with Crippen molar-refractivity contribution in [2.45, 2.75) is 38.8 Å². The summed E-state index contributed by atoms with van der Waals surface area (Å²) >= 11 is 0. The van der Waals surface area contributed by atoms with Crippen molar-refractivity contribution in [1.82, 2.24) is 19.6 Å². The Morgan fingerprint density at radius 2 is 1.76 bits per heavy atom.